The standard InChI is InChI=1S/C31H35ClFN7O2/c1-20(41)22-7-9-28-29(14-22)40(17-25(16-34)38(2)35)30(36-28)18-39-12-10-21(11-13-39)27-4-3-5-31(37-27)42-19-23-6-8-24(32)15-26(23)33/h3-9,14-16,21H,10-13,17-19,34-35H2,1-2H3/b25-16-. The highest BCUT2D eigenvalue weighted by molar-refractivity contribution is 6.30. The van der Waals surface area contributed by atoms with Crippen LogP contribution >= 0.6 is 11.6 Å². The Bertz CT molecular complexity index is 1610. The molecule has 0 atom stereocenters. The van der Waals surface area contributed by atoms with Crippen LogP contribution in [-0.4, -0.2) is 50.4 Å². The number of carbonyl (C=O) groups excluding carboxylic acids is 1. The van der Waals surface area contributed by atoms with Gasteiger partial charge in [-0.2, -0.15) is 0 Å². The smallest absolute Gasteiger partial charge is 0.213 e. The number of nitrogens with zero attached hydrogens (tertiary/aromatic N) is 5. The van der Waals surface area contributed by atoms with E-state index in [4.69, 9.17) is 37.9 Å². The van der Waals surface area contributed by atoms with E-state index < -0.39 is 5.82 Å². The van der Waals surface area contributed by atoms with Crippen molar-refractivity contribution in [3.8, 4) is 5.88 Å². The minimum atomic E-state index is -0.399. The highest BCUT2D eigenvalue weighted by atomic mass is 35.5. The van der Waals surface area contributed by atoms with Gasteiger partial charge < -0.3 is 20.0 Å². The van der Waals surface area contributed by atoms with Gasteiger partial charge in [0.1, 0.15) is 18.2 Å². The van der Waals surface area contributed by atoms with E-state index in [2.05, 4.69) is 9.47 Å². The van der Waals surface area contributed by atoms with Gasteiger partial charge in [-0.25, -0.2) is 20.2 Å². The number of hydrogen-bond acceptors (Lipinski definition) is 8. The summed E-state index contributed by atoms with van der Waals surface area (Å²) in [5, 5.41) is 1.84. The summed E-state index contributed by atoms with van der Waals surface area (Å²) in [6, 6.07) is 15.9. The number of imidazole rings is 1. The van der Waals surface area contributed by atoms with Crippen molar-refractivity contribution in [1.29, 1.82) is 0 Å². The number of Topliss-reactive ketones (excluding diaryl/α,β-unsaturated/α-hetero) is 1. The Morgan fingerprint density at radius 3 is 2.64 bits per heavy atom. The molecule has 3 heterocycles. The third kappa shape index (κ3) is 6.73. The summed E-state index contributed by atoms with van der Waals surface area (Å²) in [5.74, 6) is 7.25. The van der Waals surface area contributed by atoms with Gasteiger partial charge in [0.2, 0.25) is 5.88 Å². The van der Waals surface area contributed by atoms with E-state index in [1.165, 1.54) is 17.3 Å². The van der Waals surface area contributed by atoms with Crippen molar-refractivity contribution >= 4 is 28.4 Å². The Balaban J connectivity index is 1.27. The monoisotopic (exact) mass is 591 g/mol. The first-order valence-electron chi connectivity index (χ1n) is 13.9. The normalized spacial score (nSPS) is 14.8. The number of allylic oxidation sites excluding steroid dienone is 1. The summed E-state index contributed by atoms with van der Waals surface area (Å²) in [5.41, 5.74) is 10.3. The maximum atomic E-state index is 14.1. The SMILES string of the molecule is CC(=O)c1ccc2nc(CN3CCC(c4cccc(OCc5ccc(Cl)cc5F)n4)CC3)n(C/C(=C/N)N(C)N)c2c1. The molecule has 4 N–H and O–H groups in total. The fourth-order valence-electron chi connectivity index (χ4n) is 5.25. The molecule has 11 heteroatoms. The Labute approximate surface area is 249 Å². The molecule has 4 aromatic rings. The Morgan fingerprint density at radius 2 is 1.95 bits per heavy atom. The van der Waals surface area contributed by atoms with Gasteiger partial charge in [-0.1, -0.05) is 23.7 Å². The molecule has 1 aliphatic heterocycles. The van der Waals surface area contributed by atoms with Crippen molar-refractivity contribution in [2.75, 3.05) is 20.1 Å². The summed E-state index contributed by atoms with van der Waals surface area (Å²) < 4.78 is 22.0. The number of ketones is 1. The van der Waals surface area contributed by atoms with Gasteiger partial charge in [-0.3, -0.25) is 9.69 Å². The second-order valence-corrected chi connectivity index (χ2v) is 11.1. The lowest BCUT2D eigenvalue weighted by Crippen LogP contribution is -2.34. The van der Waals surface area contributed by atoms with Crippen LogP contribution in [0.2, 0.25) is 5.02 Å². The predicted molar refractivity (Wildman–Crippen MR) is 161 cm³/mol. The molecule has 220 valence electrons. The van der Waals surface area contributed by atoms with Crippen molar-refractivity contribution in [3.05, 3.63) is 100.0 Å². The van der Waals surface area contributed by atoms with Gasteiger partial charge in [0, 0.05) is 47.1 Å². The van der Waals surface area contributed by atoms with Crippen molar-refractivity contribution < 1.29 is 13.9 Å². The number of ether oxygens (including phenoxy) is 1. The van der Waals surface area contributed by atoms with Crippen LogP contribution in [0.25, 0.3) is 11.0 Å². The molecule has 0 aliphatic carbocycles. The van der Waals surface area contributed by atoms with E-state index >= 15 is 0 Å². The molecule has 9 nitrogen and oxygen atoms in total. The number of likely N-dealkylation sites (tertiary alicyclic amines) is 1. The number of rotatable bonds is 10. The lowest BCUT2D eigenvalue weighted by Gasteiger charge is -2.31. The maximum Gasteiger partial charge on any atom is 0.213 e. The molecular formula is C31H35ClFN7O2. The summed E-state index contributed by atoms with van der Waals surface area (Å²) in [7, 11) is 1.74. The summed E-state index contributed by atoms with van der Waals surface area (Å²) in [4.78, 5) is 24.1. The molecule has 0 saturated carbocycles. The van der Waals surface area contributed by atoms with Gasteiger partial charge in [-0.15, -0.1) is 0 Å². The molecule has 42 heavy (non-hydrogen) atoms. The van der Waals surface area contributed by atoms with Crippen LogP contribution in [0.4, 0.5) is 4.39 Å². The quantitative estimate of drug-likeness (QED) is 0.151. The molecular weight excluding hydrogens is 557 g/mol. The number of likely N-dealkylation sites (N-methyl/N-ethyl adjacent to an activating group) is 1. The third-order valence-electron chi connectivity index (χ3n) is 7.71. The third-order valence-corrected chi connectivity index (χ3v) is 7.94. The molecule has 1 fully saturated rings. The molecule has 0 bridgehead atoms. The molecule has 1 aliphatic rings. The fraction of sp³-hybridized carbons (Fsp3) is 0.323. The lowest BCUT2D eigenvalue weighted by molar-refractivity contribution is 0.101. The van der Waals surface area contributed by atoms with Gasteiger partial charge in [0.05, 0.1) is 29.8 Å². The number of carbonyl (C=O) groups is 1. The minimum absolute atomic E-state index is 0.000900. The van der Waals surface area contributed by atoms with Gasteiger partial charge >= 0.3 is 0 Å². The number of hydrogen-bond donors (Lipinski definition) is 2. The molecule has 2 aromatic carbocycles. The van der Waals surface area contributed by atoms with E-state index in [1.54, 1.807) is 32.2 Å². The zero-order chi connectivity index (χ0) is 29.8. The number of pyridine rings is 1. The fourth-order valence-corrected chi connectivity index (χ4v) is 5.41. The van der Waals surface area contributed by atoms with Crippen LogP contribution in [0.1, 0.15) is 53.1 Å². The Morgan fingerprint density at radius 1 is 1.17 bits per heavy atom. The highest BCUT2D eigenvalue weighted by Crippen LogP contribution is 2.30. The molecule has 2 aromatic heterocycles. The molecule has 0 spiro atoms. The number of benzene rings is 2. The maximum absolute atomic E-state index is 14.1. The number of halogens is 2. The predicted octanol–water partition coefficient (Wildman–Crippen LogP) is 4.99. The zero-order valence-electron chi connectivity index (χ0n) is 23.8. The molecule has 5 rings (SSSR count). The minimum Gasteiger partial charge on any atom is -0.473 e. The summed E-state index contributed by atoms with van der Waals surface area (Å²) >= 11 is 5.85. The largest absolute Gasteiger partial charge is 0.473 e. The Hall–Kier alpha value is -3.99. The highest BCUT2D eigenvalue weighted by Gasteiger charge is 2.24. The van der Waals surface area contributed by atoms with Crippen LogP contribution in [0, 0.1) is 5.82 Å². The van der Waals surface area contributed by atoms with Crippen molar-refractivity contribution in [3.63, 3.8) is 0 Å². The number of nitrogens with two attached hydrogens (primary N) is 2. The zero-order valence-corrected chi connectivity index (χ0v) is 24.5. The number of hydrazine groups is 1. The van der Waals surface area contributed by atoms with E-state index in [9.17, 15) is 9.18 Å². The van der Waals surface area contributed by atoms with Crippen LogP contribution < -0.4 is 16.3 Å². The molecule has 0 radical (unpaired) electrons. The molecule has 0 amide bonds. The van der Waals surface area contributed by atoms with E-state index in [-0.39, 0.29) is 18.3 Å². The number of fused-ring (bicyclic) bond motifs is 1. The number of piperidine rings is 1. The van der Waals surface area contributed by atoms with Crippen LogP contribution in [-0.2, 0) is 19.7 Å². The van der Waals surface area contributed by atoms with Crippen molar-refractivity contribution in [1.82, 2.24) is 24.4 Å². The van der Waals surface area contributed by atoms with E-state index in [0.717, 1.165) is 54.2 Å². The second kappa shape index (κ2) is 12.9. The van der Waals surface area contributed by atoms with Crippen LogP contribution in [0.5, 0.6) is 5.88 Å². The van der Waals surface area contributed by atoms with Crippen molar-refractivity contribution in [2.45, 2.75) is 45.4 Å². The van der Waals surface area contributed by atoms with E-state index in [0.29, 0.717) is 35.1 Å². The topological polar surface area (TPSA) is 116 Å². The number of aromatic nitrogens is 3. The first kappa shape index (κ1) is 29.5. The molecule has 1 saturated heterocycles. The average molecular weight is 592 g/mol. The first-order valence-corrected chi connectivity index (χ1v) is 14.2. The average Bonchev–Trinajstić information content (AvgIpc) is 3.31. The second-order valence-electron chi connectivity index (χ2n) is 10.6. The van der Waals surface area contributed by atoms with Gasteiger partial charge in [0.15, 0.2) is 5.78 Å². The van der Waals surface area contributed by atoms with Gasteiger partial charge in [0.25, 0.3) is 0 Å². The van der Waals surface area contributed by atoms with E-state index in [1.807, 2.05) is 30.3 Å². The summed E-state index contributed by atoms with van der Waals surface area (Å²) in [6.45, 7) is 4.45. The molecule has 0 unspecified atom stereocenters. The lowest BCUT2D eigenvalue weighted by atomic mass is 9.93. The van der Waals surface area contributed by atoms with Gasteiger partial charge in [-0.05, 0) is 69.3 Å². The van der Waals surface area contributed by atoms with Crippen LogP contribution in [0.3, 0.4) is 0 Å². The Kier molecular flexibility index (Phi) is 9.06. The summed E-state index contributed by atoms with van der Waals surface area (Å²) in [6.07, 6.45) is 3.35. The van der Waals surface area contributed by atoms with Crippen molar-refractivity contribution in [2.24, 2.45) is 11.6 Å². The first-order chi connectivity index (χ1) is 20.2. The van der Waals surface area contributed by atoms with Crippen LogP contribution in [0.15, 0.2) is 66.5 Å².